The lowest BCUT2D eigenvalue weighted by Crippen LogP contribution is -2.41. The molecule has 1 fully saturated rings. The van der Waals surface area contributed by atoms with Crippen molar-refractivity contribution < 1.29 is 42.9 Å². The number of ether oxygens (including phenoxy) is 3. The van der Waals surface area contributed by atoms with E-state index in [1.165, 1.54) is 100 Å². The number of benzene rings is 1. The van der Waals surface area contributed by atoms with Crippen LogP contribution in [0.2, 0.25) is 0 Å². The van der Waals surface area contributed by atoms with E-state index in [9.17, 15) is 24.9 Å². The predicted molar refractivity (Wildman–Crippen MR) is 213 cm³/mol. The van der Waals surface area contributed by atoms with Crippen LogP contribution in [0.5, 0.6) is 0 Å². The standard InChI is InChI=1S/C41H64N5O9P/c1-3-4-5-6-7-8-9-10-11-12-13-14-15-16-17-21-26-51-27-34(54-32(2)33-22-19-18-20-23-33)28-52-56(49,50)53-29-36-38(47)39(48)41(30-42,55-36)37-25-24-35-40(43)44-31-45-46(35)37/h18-20,22-25,31-32,34,36,38-39,47-48H,3-17,21,26-29H2,1-2H3,(H,49,50)(H2,43,44,45)/t32?,34-,36-,38-,39-,41+/m1/s1. The Hall–Kier alpha value is -2.96. The number of hydrogen-bond donors (Lipinski definition) is 4. The first-order chi connectivity index (χ1) is 27.1. The lowest BCUT2D eigenvalue weighted by atomic mass is 9.92. The van der Waals surface area contributed by atoms with E-state index >= 15 is 0 Å². The Morgan fingerprint density at radius 1 is 0.911 bits per heavy atom. The molecule has 2 unspecified atom stereocenters. The minimum absolute atomic E-state index is 0.0914. The van der Waals surface area contributed by atoms with Crippen LogP contribution in [0.1, 0.15) is 134 Å². The number of aliphatic hydroxyl groups excluding tert-OH is 2. The second kappa shape index (κ2) is 24.1. The number of rotatable bonds is 29. The molecule has 0 amide bonds. The second-order valence-electron chi connectivity index (χ2n) is 14.8. The number of aliphatic hydroxyl groups is 2. The van der Waals surface area contributed by atoms with Crippen molar-refractivity contribution in [2.75, 3.05) is 32.2 Å². The normalized spacial score (nSPS) is 21.9. The van der Waals surface area contributed by atoms with E-state index in [4.69, 9.17) is 29.0 Å². The molecule has 312 valence electrons. The van der Waals surface area contributed by atoms with Gasteiger partial charge in [-0.2, -0.15) is 10.4 Å². The third-order valence-corrected chi connectivity index (χ3v) is 11.4. The van der Waals surface area contributed by atoms with Crippen LogP contribution in [-0.4, -0.2) is 80.5 Å². The van der Waals surface area contributed by atoms with E-state index in [1.54, 1.807) is 6.07 Å². The van der Waals surface area contributed by atoms with E-state index in [1.807, 2.05) is 43.3 Å². The Labute approximate surface area is 332 Å². The number of anilines is 1. The number of hydrogen-bond acceptors (Lipinski definition) is 12. The Kier molecular flexibility index (Phi) is 19.7. The molecule has 1 aliphatic heterocycles. The molecule has 3 heterocycles. The van der Waals surface area contributed by atoms with E-state index in [0.29, 0.717) is 12.1 Å². The number of nitrogens with zero attached hydrogens (tertiary/aromatic N) is 4. The number of phosphoric acid groups is 1. The molecule has 1 aromatic carbocycles. The Morgan fingerprint density at radius 2 is 1.52 bits per heavy atom. The van der Waals surface area contributed by atoms with Crippen LogP contribution in [0.25, 0.3) is 5.52 Å². The lowest BCUT2D eigenvalue weighted by Gasteiger charge is -2.25. The first-order valence-corrected chi connectivity index (χ1v) is 22.0. The monoisotopic (exact) mass is 801 g/mol. The summed E-state index contributed by atoms with van der Waals surface area (Å²) in [7, 11) is -4.73. The predicted octanol–water partition coefficient (Wildman–Crippen LogP) is 7.71. The van der Waals surface area contributed by atoms with Crippen LogP contribution in [0, 0.1) is 11.3 Å². The number of unbranched alkanes of at least 4 members (excludes halogenated alkanes) is 15. The zero-order valence-corrected chi connectivity index (χ0v) is 34.1. The van der Waals surface area contributed by atoms with Gasteiger partial charge in [0.2, 0.25) is 5.60 Å². The molecule has 1 saturated heterocycles. The smallest absolute Gasteiger partial charge is 0.387 e. The minimum Gasteiger partial charge on any atom is -0.387 e. The van der Waals surface area contributed by atoms with E-state index in [0.717, 1.165) is 24.8 Å². The van der Waals surface area contributed by atoms with Crippen LogP contribution in [-0.2, 0) is 33.4 Å². The SMILES string of the molecule is CCCCCCCCCCCCCCCCCCOC[C@H](COP(=O)(O)OC[C@H]1O[C@@](C#N)(c2ccc3c(N)ncnn23)[C@H](O)[C@@H]1O)OC(C)c1ccccc1. The number of aromatic nitrogens is 3. The minimum atomic E-state index is -4.73. The van der Waals surface area contributed by atoms with Crippen molar-refractivity contribution in [1.29, 1.82) is 5.26 Å². The third-order valence-electron chi connectivity index (χ3n) is 10.4. The fraction of sp³-hybridized carbons (Fsp3) is 0.683. The Morgan fingerprint density at radius 3 is 2.12 bits per heavy atom. The van der Waals surface area contributed by atoms with Gasteiger partial charge in [0.1, 0.15) is 42.3 Å². The van der Waals surface area contributed by atoms with Gasteiger partial charge in [0, 0.05) is 6.61 Å². The van der Waals surface area contributed by atoms with Crippen LogP contribution < -0.4 is 5.73 Å². The molecule has 0 aliphatic carbocycles. The molecule has 14 nitrogen and oxygen atoms in total. The summed E-state index contributed by atoms with van der Waals surface area (Å²) in [5.74, 6) is 0.136. The van der Waals surface area contributed by atoms with Crippen LogP contribution in [0.3, 0.4) is 0 Å². The highest BCUT2D eigenvalue weighted by molar-refractivity contribution is 7.47. The highest BCUT2D eigenvalue weighted by Gasteiger charge is 2.58. The first-order valence-electron chi connectivity index (χ1n) is 20.6. The van der Waals surface area contributed by atoms with Crippen molar-refractivity contribution in [2.45, 2.75) is 153 Å². The summed E-state index contributed by atoms with van der Waals surface area (Å²) in [6.07, 6.45) is 16.0. The molecule has 3 aromatic rings. The average Bonchev–Trinajstić information content (AvgIpc) is 3.75. The summed E-state index contributed by atoms with van der Waals surface area (Å²) in [6.45, 7) is 3.82. The van der Waals surface area contributed by atoms with Gasteiger partial charge in [-0.3, -0.25) is 9.05 Å². The highest BCUT2D eigenvalue weighted by Crippen LogP contribution is 2.46. The largest absolute Gasteiger partial charge is 0.472 e. The molecule has 56 heavy (non-hydrogen) atoms. The zero-order valence-electron chi connectivity index (χ0n) is 33.3. The Balaban J connectivity index is 1.18. The van der Waals surface area contributed by atoms with Crippen molar-refractivity contribution in [1.82, 2.24) is 14.6 Å². The zero-order chi connectivity index (χ0) is 40.2. The van der Waals surface area contributed by atoms with Gasteiger partial charge >= 0.3 is 7.82 Å². The highest BCUT2D eigenvalue weighted by atomic mass is 31.2. The number of nitrogens with two attached hydrogens (primary N) is 1. The molecule has 2 aromatic heterocycles. The topological polar surface area (TPSA) is 204 Å². The molecule has 0 bridgehead atoms. The number of nitriles is 1. The van der Waals surface area contributed by atoms with Crippen LogP contribution in [0.4, 0.5) is 5.82 Å². The molecule has 0 saturated carbocycles. The molecule has 15 heteroatoms. The van der Waals surface area contributed by atoms with Gasteiger partial charge in [-0.1, -0.05) is 134 Å². The fourth-order valence-electron chi connectivity index (χ4n) is 7.12. The van der Waals surface area contributed by atoms with Gasteiger partial charge < -0.3 is 35.1 Å². The van der Waals surface area contributed by atoms with E-state index in [-0.39, 0.29) is 30.8 Å². The molecule has 1 aliphatic rings. The number of fused-ring (bicyclic) bond motifs is 1. The molecule has 4 rings (SSSR count). The molecule has 0 spiro atoms. The van der Waals surface area contributed by atoms with Crippen molar-refractivity contribution >= 4 is 19.2 Å². The van der Waals surface area contributed by atoms with Crippen LogP contribution >= 0.6 is 7.82 Å². The van der Waals surface area contributed by atoms with Gasteiger partial charge in [0.15, 0.2) is 5.82 Å². The number of phosphoric ester groups is 1. The first kappa shape index (κ1) is 45.7. The summed E-state index contributed by atoms with van der Waals surface area (Å²) in [5.41, 5.74) is 5.21. The van der Waals surface area contributed by atoms with Gasteiger partial charge in [0.05, 0.1) is 31.6 Å². The van der Waals surface area contributed by atoms with Crippen molar-refractivity contribution in [3.63, 3.8) is 0 Å². The average molecular weight is 802 g/mol. The third kappa shape index (κ3) is 13.9. The molecule has 0 radical (unpaired) electrons. The molecule has 7 atom stereocenters. The summed E-state index contributed by atoms with van der Waals surface area (Å²) in [6, 6.07) is 14.5. The number of nitrogen functional groups attached to an aromatic ring is 1. The maximum Gasteiger partial charge on any atom is 0.472 e. The van der Waals surface area contributed by atoms with Crippen molar-refractivity contribution in [3.8, 4) is 6.07 Å². The van der Waals surface area contributed by atoms with Gasteiger partial charge in [-0.05, 0) is 31.0 Å². The fourth-order valence-corrected chi connectivity index (χ4v) is 7.88. The van der Waals surface area contributed by atoms with Gasteiger partial charge in [-0.15, -0.1) is 0 Å². The summed E-state index contributed by atoms with van der Waals surface area (Å²) < 4.78 is 42.9. The van der Waals surface area contributed by atoms with E-state index in [2.05, 4.69) is 17.0 Å². The summed E-state index contributed by atoms with van der Waals surface area (Å²) in [4.78, 5) is 14.5. The molecular weight excluding hydrogens is 737 g/mol. The quantitative estimate of drug-likeness (QED) is 0.0393. The van der Waals surface area contributed by atoms with Gasteiger partial charge in [-0.25, -0.2) is 14.1 Å². The van der Waals surface area contributed by atoms with Crippen molar-refractivity contribution in [3.05, 3.63) is 60.0 Å². The second-order valence-corrected chi connectivity index (χ2v) is 16.3. The molecular formula is C41H64N5O9P. The summed E-state index contributed by atoms with van der Waals surface area (Å²) in [5, 5.41) is 36.0. The van der Waals surface area contributed by atoms with Crippen molar-refractivity contribution in [2.24, 2.45) is 0 Å². The lowest BCUT2D eigenvalue weighted by molar-refractivity contribution is -0.0794. The van der Waals surface area contributed by atoms with Crippen LogP contribution in [0.15, 0.2) is 48.8 Å². The van der Waals surface area contributed by atoms with E-state index < -0.39 is 44.4 Å². The van der Waals surface area contributed by atoms with Gasteiger partial charge in [0.25, 0.3) is 0 Å². The maximum atomic E-state index is 13.0. The Bertz CT molecular complexity index is 1640. The molecule has 5 N–H and O–H groups in total. The summed E-state index contributed by atoms with van der Waals surface area (Å²) >= 11 is 0. The maximum absolute atomic E-state index is 13.0.